The molecule has 9 heteroatoms. The van der Waals surface area contributed by atoms with Crippen LogP contribution in [0.3, 0.4) is 0 Å². The quantitative estimate of drug-likeness (QED) is 0.761. The highest BCUT2D eigenvalue weighted by Gasteiger charge is 2.18. The van der Waals surface area contributed by atoms with Gasteiger partial charge in [-0.15, -0.1) is 5.10 Å². The molecule has 0 radical (unpaired) electrons. The van der Waals surface area contributed by atoms with Crippen LogP contribution in [0.1, 0.15) is 22.3 Å². The molecule has 1 N–H and O–H groups in total. The summed E-state index contributed by atoms with van der Waals surface area (Å²) in [4.78, 5) is 24.2. The molecule has 0 fully saturated rings. The fourth-order valence-electron chi connectivity index (χ4n) is 1.88. The molecule has 1 aromatic carbocycles. The van der Waals surface area contributed by atoms with Gasteiger partial charge < -0.3 is 19.5 Å². The highest BCUT2D eigenvalue weighted by molar-refractivity contribution is 7.07. The molecule has 128 valence electrons. The van der Waals surface area contributed by atoms with Crippen LogP contribution in [-0.4, -0.2) is 42.3 Å². The molecular weight excluding hydrogens is 334 g/mol. The Kier molecular flexibility index (Phi) is 6.07. The molecule has 1 heterocycles. The molecule has 24 heavy (non-hydrogen) atoms. The van der Waals surface area contributed by atoms with Crippen molar-refractivity contribution < 1.29 is 23.8 Å². The van der Waals surface area contributed by atoms with E-state index in [2.05, 4.69) is 14.9 Å². The number of anilines is 1. The van der Waals surface area contributed by atoms with E-state index in [1.807, 2.05) is 6.92 Å². The lowest BCUT2D eigenvalue weighted by molar-refractivity contribution is -0.119. The zero-order valence-corrected chi connectivity index (χ0v) is 14.3. The summed E-state index contributed by atoms with van der Waals surface area (Å²) in [5, 5.41) is 6.45. The Morgan fingerprint density at radius 1 is 1.25 bits per heavy atom. The molecule has 1 aromatic heterocycles. The van der Waals surface area contributed by atoms with Crippen LogP contribution in [0.5, 0.6) is 11.5 Å². The summed E-state index contributed by atoms with van der Waals surface area (Å²) in [5.74, 6) is -0.0592. The van der Waals surface area contributed by atoms with Crippen LogP contribution in [0.25, 0.3) is 0 Å². The second kappa shape index (κ2) is 8.25. The molecule has 2 rings (SSSR count). The van der Waals surface area contributed by atoms with Crippen LogP contribution in [0, 0.1) is 0 Å². The number of benzene rings is 1. The fraction of sp³-hybridized carbons (Fsp3) is 0.333. The summed E-state index contributed by atoms with van der Waals surface area (Å²) >= 11 is 0.947. The fourth-order valence-corrected chi connectivity index (χ4v) is 2.52. The summed E-state index contributed by atoms with van der Waals surface area (Å²) in [6.07, 6.45) is 0.566. The number of amides is 1. The number of aryl methyl sites for hydroxylation is 1. The number of carbonyl (C=O) groups excluding carboxylic acids is 2. The van der Waals surface area contributed by atoms with Gasteiger partial charge in [0.15, 0.2) is 11.5 Å². The van der Waals surface area contributed by atoms with Crippen molar-refractivity contribution in [2.24, 2.45) is 0 Å². The maximum Gasteiger partial charge on any atom is 0.352 e. The Morgan fingerprint density at radius 3 is 2.71 bits per heavy atom. The van der Waals surface area contributed by atoms with Crippen LogP contribution >= 0.6 is 11.5 Å². The molecule has 0 saturated carbocycles. The number of rotatable bonds is 7. The van der Waals surface area contributed by atoms with Crippen LogP contribution in [-0.2, 0) is 16.0 Å². The molecule has 0 atom stereocenters. The Morgan fingerprint density at radius 2 is 2.04 bits per heavy atom. The molecule has 0 aliphatic carbocycles. The number of esters is 1. The maximum atomic E-state index is 12.0. The van der Waals surface area contributed by atoms with Gasteiger partial charge in [-0.3, -0.25) is 4.79 Å². The van der Waals surface area contributed by atoms with Gasteiger partial charge in [0.1, 0.15) is 11.5 Å². The summed E-state index contributed by atoms with van der Waals surface area (Å²) in [7, 11) is 3.01. The van der Waals surface area contributed by atoms with Gasteiger partial charge in [0, 0.05) is 6.07 Å². The van der Waals surface area contributed by atoms with Gasteiger partial charge >= 0.3 is 5.97 Å². The van der Waals surface area contributed by atoms with Gasteiger partial charge in [-0.25, -0.2) is 4.79 Å². The van der Waals surface area contributed by atoms with E-state index in [9.17, 15) is 9.59 Å². The van der Waals surface area contributed by atoms with Crippen molar-refractivity contribution in [2.45, 2.75) is 13.3 Å². The average molecular weight is 351 g/mol. The van der Waals surface area contributed by atoms with Crippen molar-refractivity contribution in [2.75, 3.05) is 26.1 Å². The average Bonchev–Trinajstić information content (AvgIpc) is 3.08. The zero-order chi connectivity index (χ0) is 17.5. The summed E-state index contributed by atoms with van der Waals surface area (Å²) < 4.78 is 19.0. The predicted octanol–water partition coefficient (Wildman–Crippen LogP) is 1.91. The van der Waals surface area contributed by atoms with Gasteiger partial charge in [0.25, 0.3) is 5.91 Å². The molecular formula is C15H17N3O5S. The molecule has 0 aliphatic heterocycles. The third-order valence-electron chi connectivity index (χ3n) is 3.09. The third-order valence-corrected chi connectivity index (χ3v) is 3.84. The first kappa shape index (κ1) is 17.7. The van der Waals surface area contributed by atoms with Crippen LogP contribution in [0.15, 0.2) is 18.2 Å². The van der Waals surface area contributed by atoms with Gasteiger partial charge in [0.2, 0.25) is 0 Å². The third kappa shape index (κ3) is 4.19. The topological polar surface area (TPSA) is 99.6 Å². The lowest BCUT2D eigenvalue weighted by Gasteiger charge is -2.11. The first-order chi connectivity index (χ1) is 11.6. The lowest BCUT2D eigenvalue weighted by atomic mass is 10.2. The molecule has 8 nitrogen and oxygen atoms in total. The SMILES string of the molecule is CCc1nnsc1C(=O)OCC(=O)Nc1ccc(OC)cc1OC. The second-order valence-electron chi connectivity index (χ2n) is 4.59. The van der Waals surface area contributed by atoms with Crippen LogP contribution in [0.4, 0.5) is 5.69 Å². The maximum absolute atomic E-state index is 12.0. The minimum atomic E-state index is -0.612. The molecule has 1 amide bonds. The van der Waals surface area contributed by atoms with Gasteiger partial charge in [0.05, 0.1) is 25.6 Å². The van der Waals surface area contributed by atoms with E-state index in [0.717, 1.165) is 11.5 Å². The normalized spacial score (nSPS) is 10.1. The van der Waals surface area contributed by atoms with E-state index in [0.29, 0.717) is 34.2 Å². The Balaban J connectivity index is 1.95. The summed E-state index contributed by atoms with van der Waals surface area (Å²) in [6.45, 7) is 1.44. The molecule has 0 saturated heterocycles. The number of aromatic nitrogens is 2. The van der Waals surface area contributed by atoms with Crippen molar-refractivity contribution in [3.63, 3.8) is 0 Å². The number of hydrogen-bond acceptors (Lipinski definition) is 8. The van der Waals surface area contributed by atoms with Crippen molar-refractivity contribution in [3.05, 3.63) is 28.8 Å². The number of methoxy groups -OCH3 is 2. The van der Waals surface area contributed by atoms with E-state index in [4.69, 9.17) is 14.2 Å². The first-order valence-corrected chi connectivity index (χ1v) is 7.86. The second-order valence-corrected chi connectivity index (χ2v) is 5.35. The van der Waals surface area contributed by atoms with Gasteiger partial charge in [-0.05, 0) is 30.1 Å². The monoisotopic (exact) mass is 351 g/mol. The minimum absolute atomic E-state index is 0.312. The molecule has 0 aliphatic rings. The molecule has 0 bridgehead atoms. The Bertz CT molecular complexity index is 732. The van der Waals surface area contributed by atoms with Crippen LogP contribution in [0.2, 0.25) is 0 Å². The highest BCUT2D eigenvalue weighted by atomic mass is 32.1. The van der Waals surface area contributed by atoms with Gasteiger partial charge in [-0.2, -0.15) is 0 Å². The van der Waals surface area contributed by atoms with E-state index in [-0.39, 0.29) is 0 Å². The van der Waals surface area contributed by atoms with E-state index in [1.165, 1.54) is 14.2 Å². The molecule has 2 aromatic rings. The number of hydrogen-bond donors (Lipinski definition) is 1. The number of ether oxygens (including phenoxy) is 3. The number of nitrogens with zero attached hydrogens (tertiary/aromatic N) is 2. The first-order valence-electron chi connectivity index (χ1n) is 7.09. The summed E-state index contributed by atoms with van der Waals surface area (Å²) in [6, 6.07) is 4.96. The highest BCUT2D eigenvalue weighted by Crippen LogP contribution is 2.28. The predicted molar refractivity (Wildman–Crippen MR) is 87.7 cm³/mol. The molecule has 0 unspecified atom stereocenters. The number of carbonyl (C=O) groups is 2. The van der Waals surface area contributed by atoms with Crippen molar-refractivity contribution >= 4 is 29.1 Å². The summed E-state index contributed by atoms with van der Waals surface area (Å²) in [5.41, 5.74) is 1.01. The molecule has 0 spiro atoms. The Labute approximate surface area is 142 Å². The Hall–Kier alpha value is -2.68. The number of nitrogens with one attached hydrogen (secondary N) is 1. The van der Waals surface area contributed by atoms with Crippen molar-refractivity contribution in [1.82, 2.24) is 9.59 Å². The van der Waals surface area contributed by atoms with Gasteiger partial charge in [-0.1, -0.05) is 11.4 Å². The lowest BCUT2D eigenvalue weighted by Crippen LogP contribution is -2.21. The zero-order valence-electron chi connectivity index (χ0n) is 13.5. The van der Waals surface area contributed by atoms with E-state index >= 15 is 0 Å². The van der Waals surface area contributed by atoms with E-state index < -0.39 is 18.5 Å². The van der Waals surface area contributed by atoms with E-state index in [1.54, 1.807) is 18.2 Å². The van der Waals surface area contributed by atoms with Crippen LogP contribution < -0.4 is 14.8 Å². The van der Waals surface area contributed by atoms with Crippen molar-refractivity contribution in [3.8, 4) is 11.5 Å². The van der Waals surface area contributed by atoms with Crippen molar-refractivity contribution in [1.29, 1.82) is 0 Å². The largest absolute Gasteiger partial charge is 0.497 e. The minimum Gasteiger partial charge on any atom is -0.497 e. The smallest absolute Gasteiger partial charge is 0.352 e. The standard InChI is InChI=1S/C15H17N3O5S/c1-4-10-14(24-18-17-10)15(20)23-8-13(19)16-11-6-5-9(21-2)7-12(11)22-3/h5-7H,4,8H2,1-3H3,(H,16,19).